The van der Waals surface area contributed by atoms with Gasteiger partial charge in [-0.1, -0.05) is 102 Å². The lowest BCUT2D eigenvalue weighted by molar-refractivity contribution is 0.547. The second-order valence-electron chi connectivity index (χ2n) is 8.43. The molecule has 146 valence electrons. The largest absolute Gasteiger partial charge is 0.0991 e. The summed E-state index contributed by atoms with van der Waals surface area (Å²) in [5.41, 5.74) is 11.0. The molecule has 0 bridgehead atoms. The van der Waals surface area contributed by atoms with Crippen molar-refractivity contribution in [3.8, 4) is 11.1 Å². The number of fused-ring (bicyclic) bond motifs is 3. The molecule has 0 spiro atoms. The van der Waals surface area contributed by atoms with Crippen molar-refractivity contribution in [1.82, 2.24) is 0 Å². The maximum atomic E-state index is 3.80. The first-order valence-electron chi connectivity index (χ1n) is 10.6. The highest BCUT2D eigenvalue weighted by Gasteiger charge is 2.44. The van der Waals surface area contributed by atoms with Gasteiger partial charge in [0.05, 0.1) is 0 Å². The number of hydrogen-bond acceptors (Lipinski definition) is 0. The van der Waals surface area contributed by atoms with Crippen LogP contribution < -0.4 is 0 Å². The van der Waals surface area contributed by atoms with Gasteiger partial charge in [0.25, 0.3) is 0 Å². The van der Waals surface area contributed by atoms with Gasteiger partial charge < -0.3 is 0 Å². The van der Waals surface area contributed by atoms with Crippen LogP contribution in [0.25, 0.3) is 11.1 Å². The molecule has 0 saturated carbocycles. The quantitative estimate of drug-likeness (QED) is 0.303. The first-order chi connectivity index (χ1) is 14.1. The van der Waals surface area contributed by atoms with E-state index in [1.165, 1.54) is 44.5 Å². The third kappa shape index (κ3) is 3.38. The number of aryl methyl sites for hydroxylation is 3. The fourth-order valence-electron chi connectivity index (χ4n) is 4.88. The van der Waals surface area contributed by atoms with Gasteiger partial charge in [0.1, 0.15) is 0 Å². The molecule has 0 saturated heterocycles. The van der Waals surface area contributed by atoms with Crippen LogP contribution in [0.1, 0.15) is 52.6 Å². The summed E-state index contributed by atoms with van der Waals surface area (Å²) in [7, 11) is 0. The second kappa shape index (κ2) is 7.87. The van der Waals surface area contributed by atoms with E-state index in [9.17, 15) is 0 Å². The van der Waals surface area contributed by atoms with E-state index in [0.29, 0.717) is 0 Å². The van der Waals surface area contributed by atoms with Crippen molar-refractivity contribution in [3.05, 3.63) is 119 Å². The third-order valence-electron chi connectivity index (χ3n) is 6.30. The van der Waals surface area contributed by atoms with Crippen LogP contribution in [0, 0.1) is 20.8 Å². The molecule has 29 heavy (non-hydrogen) atoms. The molecule has 0 unspecified atom stereocenters. The molecular weight excluding hydrogens is 348 g/mol. The van der Waals surface area contributed by atoms with Crippen LogP contribution in [0.4, 0.5) is 0 Å². The molecule has 0 heteroatoms. The van der Waals surface area contributed by atoms with Crippen molar-refractivity contribution < 1.29 is 0 Å². The Hall–Kier alpha value is -2.86. The molecule has 3 aromatic rings. The average Bonchev–Trinajstić information content (AvgIpc) is 2.98. The first kappa shape index (κ1) is 19.5. The summed E-state index contributed by atoms with van der Waals surface area (Å²) in [6, 6.07) is 23.2. The van der Waals surface area contributed by atoms with E-state index >= 15 is 0 Å². The monoisotopic (exact) mass is 378 g/mol. The molecule has 0 amide bonds. The molecule has 0 aromatic heterocycles. The van der Waals surface area contributed by atoms with E-state index in [1.807, 2.05) is 6.08 Å². The third-order valence-corrected chi connectivity index (χ3v) is 6.30. The van der Waals surface area contributed by atoms with Crippen LogP contribution in [0.5, 0.6) is 0 Å². The van der Waals surface area contributed by atoms with E-state index in [1.54, 1.807) is 0 Å². The van der Waals surface area contributed by atoms with Crippen LogP contribution in [-0.4, -0.2) is 0 Å². The molecule has 0 heterocycles. The highest BCUT2D eigenvalue weighted by Crippen LogP contribution is 2.55. The predicted octanol–water partition coefficient (Wildman–Crippen LogP) is 7.84. The summed E-state index contributed by atoms with van der Waals surface area (Å²) < 4.78 is 0. The Morgan fingerprint density at radius 3 is 1.86 bits per heavy atom. The lowest BCUT2D eigenvalue weighted by Crippen LogP contribution is -2.27. The summed E-state index contributed by atoms with van der Waals surface area (Å²) >= 11 is 0. The molecule has 0 radical (unpaired) electrons. The Bertz CT molecular complexity index is 1010. The van der Waals surface area contributed by atoms with Gasteiger partial charge in [0.15, 0.2) is 0 Å². The highest BCUT2D eigenvalue weighted by atomic mass is 14.5. The second-order valence-corrected chi connectivity index (χ2v) is 8.43. The molecule has 0 atom stereocenters. The fraction of sp³-hybridized carbons (Fsp3) is 0.241. The molecule has 4 rings (SSSR count). The SMILES string of the molecule is C=C/C=C/CCCC1(c2ccc(C)cc2)c2cc(C)ccc2-c2ccc(C)cc21. The average molecular weight is 379 g/mol. The van der Waals surface area contributed by atoms with Crippen LogP contribution in [0.3, 0.4) is 0 Å². The number of rotatable bonds is 6. The van der Waals surface area contributed by atoms with Gasteiger partial charge in [0.2, 0.25) is 0 Å². The topological polar surface area (TPSA) is 0 Å². The molecule has 1 aliphatic carbocycles. The summed E-state index contributed by atoms with van der Waals surface area (Å²) in [6.07, 6.45) is 9.47. The van der Waals surface area contributed by atoms with E-state index in [2.05, 4.69) is 100 Å². The smallest absolute Gasteiger partial charge is 0.0463 e. The molecule has 0 aliphatic heterocycles. The van der Waals surface area contributed by atoms with E-state index in [0.717, 1.165) is 19.3 Å². The van der Waals surface area contributed by atoms with Crippen molar-refractivity contribution >= 4 is 0 Å². The van der Waals surface area contributed by atoms with Crippen LogP contribution in [0.15, 0.2) is 85.5 Å². The highest BCUT2D eigenvalue weighted by molar-refractivity contribution is 5.84. The zero-order valence-corrected chi connectivity index (χ0v) is 17.8. The zero-order valence-electron chi connectivity index (χ0n) is 17.8. The number of hydrogen-bond donors (Lipinski definition) is 0. The van der Waals surface area contributed by atoms with Crippen molar-refractivity contribution in [2.45, 2.75) is 45.4 Å². The number of benzene rings is 3. The van der Waals surface area contributed by atoms with Crippen molar-refractivity contribution in [2.75, 3.05) is 0 Å². The normalized spacial score (nSPS) is 14.0. The van der Waals surface area contributed by atoms with Gasteiger partial charge in [-0.15, -0.1) is 0 Å². The maximum Gasteiger partial charge on any atom is 0.0463 e. The summed E-state index contributed by atoms with van der Waals surface area (Å²) in [5.74, 6) is 0. The number of allylic oxidation sites excluding steroid dienone is 3. The summed E-state index contributed by atoms with van der Waals surface area (Å²) in [5, 5.41) is 0. The predicted molar refractivity (Wildman–Crippen MR) is 126 cm³/mol. The van der Waals surface area contributed by atoms with Gasteiger partial charge in [-0.2, -0.15) is 0 Å². The lowest BCUT2D eigenvalue weighted by Gasteiger charge is -2.33. The van der Waals surface area contributed by atoms with E-state index < -0.39 is 0 Å². The van der Waals surface area contributed by atoms with Gasteiger partial charge in [0, 0.05) is 5.41 Å². The lowest BCUT2D eigenvalue weighted by atomic mass is 9.68. The summed E-state index contributed by atoms with van der Waals surface area (Å²) in [4.78, 5) is 0. The Labute approximate surface area is 175 Å². The summed E-state index contributed by atoms with van der Waals surface area (Å²) in [6.45, 7) is 10.4. The van der Waals surface area contributed by atoms with Crippen LogP contribution in [0.2, 0.25) is 0 Å². The minimum atomic E-state index is -0.0849. The van der Waals surface area contributed by atoms with Crippen molar-refractivity contribution in [2.24, 2.45) is 0 Å². The van der Waals surface area contributed by atoms with Gasteiger partial charge in [-0.05, 0) is 67.9 Å². The number of unbranched alkanes of at least 4 members (excludes halogenated alkanes) is 1. The fourth-order valence-corrected chi connectivity index (χ4v) is 4.88. The van der Waals surface area contributed by atoms with Crippen molar-refractivity contribution in [3.63, 3.8) is 0 Å². The van der Waals surface area contributed by atoms with Gasteiger partial charge in [-0.25, -0.2) is 0 Å². The minimum absolute atomic E-state index is 0.0849. The zero-order chi connectivity index (χ0) is 20.4. The Kier molecular flexibility index (Phi) is 5.28. The first-order valence-corrected chi connectivity index (χ1v) is 10.6. The molecule has 0 N–H and O–H groups in total. The molecule has 0 fully saturated rings. The Morgan fingerprint density at radius 2 is 1.31 bits per heavy atom. The Balaban J connectivity index is 1.94. The van der Waals surface area contributed by atoms with E-state index in [4.69, 9.17) is 0 Å². The maximum absolute atomic E-state index is 3.80. The Morgan fingerprint density at radius 1 is 0.759 bits per heavy atom. The van der Waals surface area contributed by atoms with Crippen molar-refractivity contribution in [1.29, 1.82) is 0 Å². The van der Waals surface area contributed by atoms with Crippen LogP contribution >= 0.6 is 0 Å². The minimum Gasteiger partial charge on any atom is -0.0991 e. The molecule has 1 aliphatic rings. The van der Waals surface area contributed by atoms with Crippen LogP contribution in [-0.2, 0) is 5.41 Å². The molecular formula is C29H30. The van der Waals surface area contributed by atoms with E-state index in [-0.39, 0.29) is 5.41 Å². The van der Waals surface area contributed by atoms with Gasteiger partial charge >= 0.3 is 0 Å². The molecule has 0 nitrogen and oxygen atoms in total. The molecule has 3 aromatic carbocycles. The standard InChI is InChI=1S/C29H30/c1-5-6-7-8-9-18-29(24-14-10-21(2)11-15-24)27-19-22(3)12-16-25(27)26-17-13-23(4)20-28(26)29/h5-7,10-17,19-20H,1,8-9,18H2,2-4H3/b7-6+. The van der Waals surface area contributed by atoms with Gasteiger partial charge in [-0.3, -0.25) is 0 Å².